The van der Waals surface area contributed by atoms with Crippen LogP contribution in [-0.4, -0.2) is 17.9 Å². The molecule has 1 atom stereocenters. The Bertz CT molecular complexity index is 841. The van der Waals surface area contributed by atoms with E-state index in [0.717, 1.165) is 12.1 Å². The second-order valence-electron chi connectivity index (χ2n) is 6.37. The van der Waals surface area contributed by atoms with Gasteiger partial charge in [0.15, 0.2) is 0 Å². The third-order valence-electron chi connectivity index (χ3n) is 3.86. The van der Waals surface area contributed by atoms with E-state index in [1.165, 1.54) is 18.2 Å². The molecular formula is C19H21ClF3N3O2. The molecule has 0 saturated carbocycles. The summed E-state index contributed by atoms with van der Waals surface area (Å²) < 4.78 is 38.3. The number of hydrogen-bond acceptors (Lipinski definition) is 3. The molecule has 4 N–H and O–H groups in total. The number of carbonyl (C=O) groups excluding carboxylic acids is 2. The van der Waals surface area contributed by atoms with Gasteiger partial charge in [-0.1, -0.05) is 26.0 Å². The van der Waals surface area contributed by atoms with Crippen LogP contribution in [0.3, 0.4) is 0 Å². The largest absolute Gasteiger partial charge is 0.416 e. The number of halogens is 4. The molecule has 0 aliphatic carbocycles. The molecule has 0 aliphatic heterocycles. The minimum absolute atomic E-state index is 0. The van der Waals surface area contributed by atoms with Crippen molar-refractivity contribution in [2.45, 2.75) is 26.1 Å². The Labute approximate surface area is 166 Å². The normalized spacial score (nSPS) is 12.1. The summed E-state index contributed by atoms with van der Waals surface area (Å²) in [6, 6.07) is 9.71. The molecule has 152 valence electrons. The lowest BCUT2D eigenvalue weighted by Crippen LogP contribution is -2.39. The van der Waals surface area contributed by atoms with Crippen molar-refractivity contribution in [2.24, 2.45) is 11.7 Å². The standard InChI is InChI=1S/C19H20F3N3O2.ClH/c1-11(2)16(23)18(27)25-15-8-4-7-14(10-15)24-17(26)12-5-3-6-13(9-12)19(20,21)22;/h3-11,16H,23H2,1-2H3,(H,24,26)(H,25,27);1H/t16-;/m0./s1. The van der Waals surface area contributed by atoms with Crippen molar-refractivity contribution in [2.75, 3.05) is 10.6 Å². The van der Waals surface area contributed by atoms with E-state index in [0.29, 0.717) is 11.4 Å². The van der Waals surface area contributed by atoms with Gasteiger partial charge in [-0.2, -0.15) is 13.2 Å². The molecule has 2 amide bonds. The molecule has 0 unspecified atom stereocenters. The van der Waals surface area contributed by atoms with Crippen LogP contribution in [0.1, 0.15) is 29.8 Å². The number of rotatable bonds is 5. The van der Waals surface area contributed by atoms with Crippen molar-refractivity contribution in [1.82, 2.24) is 0 Å². The van der Waals surface area contributed by atoms with Crippen molar-refractivity contribution in [3.8, 4) is 0 Å². The Morgan fingerprint density at radius 3 is 2.11 bits per heavy atom. The first-order valence-electron chi connectivity index (χ1n) is 8.23. The second-order valence-corrected chi connectivity index (χ2v) is 6.37. The van der Waals surface area contributed by atoms with Crippen molar-refractivity contribution in [3.05, 3.63) is 59.7 Å². The summed E-state index contributed by atoms with van der Waals surface area (Å²) in [6.07, 6.45) is -4.53. The van der Waals surface area contributed by atoms with E-state index in [-0.39, 0.29) is 29.8 Å². The van der Waals surface area contributed by atoms with Crippen LogP contribution < -0.4 is 16.4 Å². The number of alkyl halides is 3. The third kappa shape index (κ3) is 6.24. The SMILES string of the molecule is CC(C)[C@H](N)C(=O)Nc1cccc(NC(=O)c2cccc(C(F)(F)F)c2)c1.Cl. The molecule has 0 radical (unpaired) electrons. The zero-order chi connectivity index (χ0) is 20.2. The van der Waals surface area contributed by atoms with Gasteiger partial charge < -0.3 is 16.4 Å². The van der Waals surface area contributed by atoms with E-state index < -0.39 is 23.7 Å². The topological polar surface area (TPSA) is 84.2 Å². The van der Waals surface area contributed by atoms with Gasteiger partial charge in [-0.05, 0) is 42.3 Å². The first kappa shape index (κ1) is 23.5. The lowest BCUT2D eigenvalue weighted by molar-refractivity contribution is -0.137. The van der Waals surface area contributed by atoms with E-state index in [9.17, 15) is 22.8 Å². The zero-order valence-corrected chi connectivity index (χ0v) is 16.0. The van der Waals surface area contributed by atoms with Crippen LogP contribution in [0.15, 0.2) is 48.5 Å². The fourth-order valence-electron chi connectivity index (χ4n) is 2.24. The van der Waals surface area contributed by atoms with Gasteiger partial charge in [0.05, 0.1) is 11.6 Å². The monoisotopic (exact) mass is 415 g/mol. The van der Waals surface area contributed by atoms with Crippen LogP contribution >= 0.6 is 12.4 Å². The van der Waals surface area contributed by atoms with Crippen LogP contribution in [0.25, 0.3) is 0 Å². The van der Waals surface area contributed by atoms with E-state index in [1.54, 1.807) is 18.2 Å². The first-order chi connectivity index (χ1) is 12.6. The highest BCUT2D eigenvalue weighted by atomic mass is 35.5. The molecule has 0 aromatic heterocycles. The summed E-state index contributed by atoms with van der Waals surface area (Å²) in [5.74, 6) is -1.11. The summed E-state index contributed by atoms with van der Waals surface area (Å²) in [7, 11) is 0. The minimum atomic E-state index is -4.53. The third-order valence-corrected chi connectivity index (χ3v) is 3.86. The number of nitrogens with two attached hydrogens (primary N) is 1. The fraction of sp³-hybridized carbons (Fsp3) is 0.263. The van der Waals surface area contributed by atoms with Crippen molar-refractivity contribution in [1.29, 1.82) is 0 Å². The smallest absolute Gasteiger partial charge is 0.325 e. The zero-order valence-electron chi connectivity index (χ0n) is 15.2. The maximum absolute atomic E-state index is 12.8. The van der Waals surface area contributed by atoms with Gasteiger partial charge >= 0.3 is 6.18 Å². The molecule has 0 bridgehead atoms. The average Bonchev–Trinajstić information content (AvgIpc) is 2.60. The summed E-state index contributed by atoms with van der Waals surface area (Å²) in [5, 5.41) is 5.16. The van der Waals surface area contributed by atoms with Gasteiger partial charge in [0.25, 0.3) is 5.91 Å². The average molecular weight is 416 g/mol. The number of hydrogen-bond donors (Lipinski definition) is 3. The van der Waals surface area contributed by atoms with Gasteiger partial charge in [-0.15, -0.1) is 12.4 Å². The number of nitrogens with one attached hydrogen (secondary N) is 2. The molecule has 0 aliphatic rings. The highest BCUT2D eigenvalue weighted by molar-refractivity contribution is 6.05. The van der Waals surface area contributed by atoms with Crippen LogP contribution in [-0.2, 0) is 11.0 Å². The van der Waals surface area contributed by atoms with Crippen LogP contribution in [0, 0.1) is 5.92 Å². The van der Waals surface area contributed by atoms with Crippen molar-refractivity contribution in [3.63, 3.8) is 0 Å². The van der Waals surface area contributed by atoms with Gasteiger partial charge in [-0.3, -0.25) is 9.59 Å². The Kier molecular flexibility index (Phi) is 8.01. The molecule has 9 heteroatoms. The molecule has 28 heavy (non-hydrogen) atoms. The Morgan fingerprint density at radius 2 is 1.54 bits per heavy atom. The number of anilines is 2. The highest BCUT2D eigenvalue weighted by Crippen LogP contribution is 2.29. The van der Waals surface area contributed by atoms with Gasteiger partial charge in [0.2, 0.25) is 5.91 Å². The Hall–Kier alpha value is -2.58. The Morgan fingerprint density at radius 1 is 0.964 bits per heavy atom. The molecule has 0 fully saturated rings. The molecule has 0 spiro atoms. The van der Waals surface area contributed by atoms with E-state index >= 15 is 0 Å². The predicted octanol–water partition coefficient (Wildman–Crippen LogP) is 4.30. The van der Waals surface area contributed by atoms with E-state index in [4.69, 9.17) is 5.73 Å². The fourth-order valence-corrected chi connectivity index (χ4v) is 2.24. The Balaban J connectivity index is 0.00000392. The molecule has 0 saturated heterocycles. The first-order valence-corrected chi connectivity index (χ1v) is 8.23. The molecular weight excluding hydrogens is 395 g/mol. The lowest BCUT2D eigenvalue weighted by atomic mass is 10.0. The van der Waals surface area contributed by atoms with Crippen LogP contribution in [0.2, 0.25) is 0 Å². The van der Waals surface area contributed by atoms with Gasteiger partial charge in [0, 0.05) is 16.9 Å². The quantitative estimate of drug-likeness (QED) is 0.680. The van der Waals surface area contributed by atoms with Crippen LogP contribution in [0.5, 0.6) is 0 Å². The highest BCUT2D eigenvalue weighted by Gasteiger charge is 2.30. The van der Waals surface area contributed by atoms with Gasteiger partial charge in [-0.25, -0.2) is 0 Å². The maximum atomic E-state index is 12.8. The van der Waals surface area contributed by atoms with E-state index in [1.807, 2.05) is 13.8 Å². The maximum Gasteiger partial charge on any atom is 0.416 e. The van der Waals surface area contributed by atoms with E-state index in [2.05, 4.69) is 10.6 Å². The number of benzene rings is 2. The summed E-state index contributed by atoms with van der Waals surface area (Å²) in [6.45, 7) is 3.63. The predicted molar refractivity (Wildman–Crippen MR) is 105 cm³/mol. The molecule has 0 heterocycles. The summed E-state index contributed by atoms with van der Waals surface area (Å²) >= 11 is 0. The van der Waals surface area contributed by atoms with Gasteiger partial charge in [0.1, 0.15) is 0 Å². The molecule has 2 aromatic rings. The molecule has 2 rings (SSSR count). The van der Waals surface area contributed by atoms with Crippen molar-refractivity contribution < 1.29 is 22.8 Å². The molecule has 2 aromatic carbocycles. The van der Waals surface area contributed by atoms with Crippen LogP contribution in [0.4, 0.5) is 24.5 Å². The number of amides is 2. The summed E-state index contributed by atoms with van der Waals surface area (Å²) in [4.78, 5) is 24.2. The van der Waals surface area contributed by atoms with Crippen molar-refractivity contribution >= 4 is 35.6 Å². The number of carbonyl (C=O) groups is 2. The summed E-state index contributed by atoms with van der Waals surface area (Å²) in [5.41, 5.74) is 5.49. The molecule has 5 nitrogen and oxygen atoms in total. The minimum Gasteiger partial charge on any atom is -0.325 e. The lowest BCUT2D eigenvalue weighted by Gasteiger charge is -2.16. The second kappa shape index (κ2) is 9.57.